The third-order valence-corrected chi connectivity index (χ3v) is 4.80. The van der Waals surface area contributed by atoms with Crippen molar-refractivity contribution in [2.24, 2.45) is 4.99 Å². The largest absolute Gasteiger partial charge is 0.351 e. The standard InChI is InChI=1S/C19H26N4O2/c1-2-13-8-10-15(11-9-13)21-19-22-16(12-17(24)23-19)18(25)20-14-6-4-3-5-7-14/h8-11,14,16H,2-7,12H2,1H3,(H,20,25)(H2,21,22,23,24)/t16-/m1/s1. The lowest BCUT2D eigenvalue weighted by Crippen LogP contribution is -2.49. The Morgan fingerprint density at radius 1 is 1.20 bits per heavy atom. The van der Waals surface area contributed by atoms with Crippen LogP contribution in [-0.4, -0.2) is 29.9 Å². The summed E-state index contributed by atoms with van der Waals surface area (Å²) >= 11 is 0. The van der Waals surface area contributed by atoms with E-state index < -0.39 is 6.04 Å². The number of carbonyl (C=O) groups is 2. The number of amides is 2. The van der Waals surface area contributed by atoms with Crippen molar-refractivity contribution in [1.82, 2.24) is 10.6 Å². The van der Waals surface area contributed by atoms with Crippen molar-refractivity contribution in [2.45, 2.75) is 64.0 Å². The molecular weight excluding hydrogens is 316 g/mol. The molecule has 1 aromatic rings. The zero-order valence-corrected chi connectivity index (χ0v) is 14.7. The summed E-state index contributed by atoms with van der Waals surface area (Å²) in [4.78, 5) is 28.8. The first kappa shape index (κ1) is 17.5. The SMILES string of the molecule is CCc1ccc(NC2=N[C@@H](C(=O)NC3CCCCC3)CC(=O)N2)cc1. The summed E-state index contributed by atoms with van der Waals surface area (Å²) < 4.78 is 0. The van der Waals surface area contributed by atoms with Crippen LogP contribution >= 0.6 is 0 Å². The Bertz CT molecular complexity index is 648. The van der Waals surface area contributed by atoms with Crippen molar-refractivity contribution < 1.29 is 9.59 Å². The maximum absolute atomic E-state index is 12.5. The van der Waals surface area contributed by atoms with Gasteiger partial charge in [0.05, 0.1) is 6.42 Å². The van der Waals surface area contributed by atoms with E-state index in [4.69, 9.17) is 0 Å². The van der Waals surface area contributed by atoms with Crippen LogP contribution in [0.2, 0.25) is 0 Å². The molecule has 3 N–H and O–H groups in total. The van der Waals surface area contributed by atoms with Gasteiger partial charge in [0.25, 0.3) is 0 Å². The predicted molar refractivity (Wildman–Crippen MR) is 98.4 cm³/mol. The van der Waals surface area contributed by atoms with E-state index in [0.29, 0.717) is 5.96 Å². The minimum absolute atomic E-state index is 0.0957. The van der Waals surface area contributed by atoms with E-state index in [0.717, 1.165) is 37.8 Å². The van der Waals surface area contributed by atoms with Gasteiger partial charge >= 0.3 is 0 Å². The van der Waals surface area contributed by atoms with Crippen LogP contribution in [0.25, 0.3) is 0 Å². The Hall–Kier alpha value is -2.37. The van der Waals surface area contributed by atoms with Gasteiger partial charge in [0.1, 0.15) is 6.04 Å². The minimum atomic E-state index is -0.659. The number of nitrogens with zero attached hydrogens (tertiary/aromatic N) is 1. The van der Waals surface area contributed by atoms with E-state index in [2.05, 4.69) is 27.9 Å². The molecule has 134 valence electrons. The summed E-state index contributed by atoms with van der Waals surface area (Å²) in [6.45, 7) is 2.10. The number of hydrogen-bond donors (Lipinski definition) is 3. The van der Waals surface area contributed by atoms with Gasteiger partial charge in [0.15, 0.2) is 0 Å². The minimum Gasteiger partial charge on any atom is -0.351 e. The second-order valence-electron chi connectivity index (χ2n) is 6.76. The summed E-state index contributed by atoms with van der Waals surface area (Å²) in [7, 11) is 0. The zero-order chi connectivity index (χ0) is 17.6. The molecule has 6 nitrogen and oxygen atoms in total. The molecule has 1 aliphatic heterocycles. The van der Waals surface area contributed by atoms with E-state index >= 15 is 0 Å². The van der Waals surface area contributed by atoms with E-state index in [1.54, 1.807) is 0 Å². The summed E-state index contributed by atoms with van der Waals surface area (Å²) in [5, 5.41) is 8.85. The van der Waals surface area contributed by atoms with Gasteiger partial charge in [-0.25, -0.2) is 4.99 Å². The van der Waals surface area contributed by atoms with E-state index in [1.165, 1.54) is 12.0 Å². The molecule has 2 aliphatic rings. The molecule has 2 amide bonds. The maximum Gasteiger partial charge on any atom is 0.245 e. The van der Waals surface area contributed by atoms with Crippen LogP contribution in [0, 0.1) is 0 Å². The van der Waals surface area contributed by atoms with Crippen LogP contribution in [0.5, 0.6) is 0 Å². The second kappa shape index (κ2) is 8.14. The number of benzene rings is 1. The molecule has 1 aromatic carbocycles. The molecule has 0 bridgehead atoms. The lowest BCUT2D eigenvalue weighted by Gasteiger charge is -2.26. The molecule has 0 aromatic heterocycles. The first-order chi connectivity index (χ1) is 12.1. The number of anilines is 1. The molecule has 1 fully saturated rings. The Balaban J connectivity index is 1.64. The smallest absolute Gasteiger partial charge is 0.245 e. The molecule has 25 heavy (non-hydrogen) atoms. The molecule has 3 rings (SSSR count). The fourth-order valence-corrected chi connectivity index (χ4v) is 3.31. The summed E-state index contributed by atoms with van der Waals surface area (Å²) in [6, 6.07) is 7.51. The Labute approximate surface area is 148 Å². The zero-order valence-electron chi connectivity index (χ0n) is 14.7. The maximum atomic E-state index is 12.5. The first-order valence-electron chi connectivity index (χ1n) is 9.18. The van der Waals surface area contributed by atoms with Crippen molar-refractivity contribution in [2.75, 3.05) is 5.32 Å². The molecule has 0 saturated heterocycles. The Kier molecular flexibility index (Phi) is 5.68. The number of guanidine groups is 1. The normalized spacial score (nSPS) is 21.2. The Morgan fingerprint density at radius 2 is 1.92 bits per heavy atom. The second-order valence-corrected chi connectivity index (χ2v) is 6.76. The van der Waals surface area contributed by atoms with Crippen molar-refractivity contribution in [1.29, 1.82) is 0 Å². The van der Waals surface area contributed by atoms with Gasteiger partial charge in [-0.1, -0.05) is 38.3 Å². The van der Waals surface area contributed by atoms with Crippen LogP contribution in [0.3, 0.4) is 0 Å². The highest BCUT2D eigenvalue weighted by Gasteiger charge is 2.28. The van der Waals surface area contributed by atoms with Crippen molar-refractivity contribution in [3.63, 3.8) is 0 Å². The monoisotopic (exact) mass is 342 g/mol. The fraction of sp³-hybridized carbons (Fsp3) is 0.526. The Morgan fingerprint density at radius 3 is 2.60 bits per heavy atom. The number of aliphatic imine (C=N–C) groups is 1. The van der Waals surface area contributed by atoms with Crippen molar-refractivity contribution >= 4 is 23.5 Å². The van der Waals surface area contributed by atoms with Crippen molar-refractivity contribution in [3.8, 4) is 0 Å². The lowest BCUT2D eigenvalue weighted by atomic mass is 9.95. The number of nitrogens with one attached hydrogen (secondary N) is 3. The average molecular weight is 342 g/mol. The quantitative estimate of drug-likeness (QED) is 0.785. The number of hydrogen-bond acceptors (Lipinski definition) is 4. The van der Waals surface area contributed by atoms with Crippen LogP contribution in [0.4, 0.5) is 5.69 Å². The molecule has 0 radical (unpaired) electrons. The van der Waals surface area contributed by atoms with Gasteiger partial charge in [-0.3, -0.25) is 14.9 Å². The molecule has 1 atom stereocenters. The van der Waals surface area contributed by atoms with Crippen LogP contribution in [0.15, 0.2) is 29.3 Å². The van der Waals surface area contributed by atoms with Crippen LogP contribution < -0.4 is 16.0 Å². The number of aryl methyl sites for hydroxylation is 1. The molecule has 6 heteroatoms. The van der Waals surface area contributed by atoms with E-state index in [9.17, 15) is 9.59 Å². The van der Waals surface area contributed by atoms with Gasteiger partial charge in [-0.05, 0) is 37.0 Å². The molecule has 1 heterocycles. The molecule has 0 spiro atoms. The van der Waals surface area contributed by atoms with Crippen LogP contribution in [0.1, 0.15) is 51.0 Å². The highest BCUT2D eigenvalue weighted by atomic mass is 16.2. The lowest BCUT2D eigenvalue weighted by molar-refractivity contribution is -0.128. The molecule has 0 unspecified atom stereocenters. The number of carbonyl (C=O) groups excluding carboxylic acids is 2. The highest BCUT2D eigenvalue weighted by molar-refractivity contribution is 6.08. The third-order valence-electron chi connectivity index (χ3n) is 4.80. The summed E-state index contributed by atoms with van der Waals surface area (Å²) in [6.07, 6.45) is 6.65. The average Bonchev–Trinajstić information content (AvgIpc) is 2.63. The van der Waals surface area contributed by atoms with Crippen molar-refractivity contribution in [3.05, 3.63) is 29.8 Å². The summed E-state index contributed by atoms with van der Waals surface area (Å²) in [5.74, 6) is -0.00172. The van der Waals surface area contributed by atoms with Gasteiger partial charge in [-0.15, -0.1) is 0 Å². The number of rotatable bonds is 4. The topological polar surface area (TPSA) is 82.6 Å². The van der Waals surface area contributed by atoms with E-state index in [1.807, 2.05) is 24.3 Å². The third kappa shape index (κ3) is 4.81. The fourth-order valence-electron chi connectivity index (χ4n) is 3.31. The van der Waals surface area contributed by atoms with Gasteiger partial charge < -0.3 is 10.6 Å². The molecular formula is C19H26N4O2. The highest BCUT2D eigenvalue weighted by Crippen LogP contribution is 2.18. The molecule has 1 aliphatic carbocycles. The van der Waals surface area contributed by atoms with Gasteiger partial charge in [-0.2, -0.15) is 0 Å². The predicted octanol–water partition coefficient (Wildman–Crippen LogP) is 2.35. The van der Waals surface area contributed by atoms with Gasteiger partial charge in [0.2, 0.25) is 17.8 Å². The van der Waals surface area contributed by atoms with Gasteiger partial charge in [0, 0.05) is 11.7 Å². The van der Waals surface area contributed by atoms with Crippen LogP contribution in [-0.2, 0) is 16.0 Å². The first-order valence-corrected chi connectivity index (χ1v) is 9.18. The summed E-state index contributed by atoms with van der Waals surface area (Å²) in [5.41, 5.74) is 2.08. The molecule has 1 saturated carbocycles. The van der Waals surface area contributed by atoms with E-state index in [-0.39, 0.29) is 24.3 Å².